The first-order valence-electron chi connectivity index (χ1n) is 6.64. The molecule has 108 valence electrons. The van der Waals surface area contributed by atoms with E-state index < -0.39 is 0 Å². The van der Waals surface area contributed by atoms with Gasteiger partial charge >= 0.3 is 0 Å². The van der Waals surface area contributed by atoms with Crippen LogP contribution in [0, 0.1) is 0 Å². The Balaban J connectivity index is 2.69. The number of hydrogen-bond donors (Lipinski definition) is 0. The smallest absolute Gasteiger partial charge is 0.189 e. The summed E-state index contributed by atoms with van der Waals surface area (Å²) in [6, 6.07) is 3.52. The molecule has 1 heterocycles. The Hall–Kier alpha value is -0.420. The zero-order chi connectivity index (χ0) is 14.4. The van der Waals surface area contributed by atoms with Crippen molar-refractivity contribution in [3.05, 3.63) is 21.3 Å². The van der Waals surface area contributed by atoms with Gasteiger partial charge in [0, 0.05) is 13.1 Å². The van der Waals surface area contributed by atoms with Gasteiger partial charge in [0.05, 0.1) is 15.3 Å². The van der Waals surface area contributed by atoms with E-state index in [0.717, 1.165) is 30.9 Å². The summed E-state index contributed by atoms with van der Waals surface area (Å²) in [7, 11) is 4.10. The highest BCUT2D eigenvalue weighted by Gasteiger charge is 2.23. The number of halogens is 1. The van der Waals surface area contributed by atoms with E-state index in [9.17, 15) is 4.79 Å². The number of Topliss-reactive ketones (excluding diaryl/α,β-unsaturated/α-hetero) is 1. The molecule has 0 aliphatic rings. The van der Waals surface area contributed by atoms with E-state index in [0.29, 0.717) is 4.34 Å². The second-order valence-electron chi connectivity index (χ2n) is 4.98. The SMILES string of the molecule is CCCN(CCN(C)C)C(C)C(=O)c1ccc(Cl)s1. The van der Waals surface area contributed by atoms with Crippen LogP contribution in [0.4, 0.5) is 0 Å². The minimum atomic E-state index is -0.0883. The maximum atomic E-state index is 12.4. The van der Waals surface area contributed by atoms with Gasteiger partial charge in [-0.15, -0.1) is 11.3 Å². The average Bonchev–Trinajstić information content (AvgIpc) is 2.79. The molecule has 19 heavy (non-hydrogen) atoms. The molecule has 1 unspecified atom stereocenters. The molecule has 0 saturated carbocycles. The van der Waals surface area contributed by atoms with Crippen molar-refractivity contribution in [2.45, 2.75) is 26.3 Å². The van der Waals surface area contributed by atoms with Crippen molar-refractivity contribution in [2.75, 3.05) is 33.7 Å². The van der Waals surface area contributed by atoms with Crippen LogP contribution in [0.5, 0.6) is 0 Å². The van der Waals surface area contributed by atoms with Crippen LogP contribution >= 0.6 is 22.9 Å². The Morgan fingerprint density at radius 3 is 2.47 bits per heavy atom. The highest BCUT2D eigenvalue weighted by atomic mass is 35.5. The average molecular weight is 303 g/mol. The van der Waals surface area contributed by atoms with Gasteiger partial charge in [0.15, 0.2) is 5.78 Å². The van der Waals surface area contributed by atoms with Gasteiger partial charge in [0.1, 0.15) is 0 Å². The quantitative estimate of drug-likeness (QED) is 0.689. The molecule has 1 atom stereocenters. The molecule has 0 saturated heterocycles. The van der Waals surface area contributed by atoms with E-state index in [1.54, 1.807) is 6.07 Å². The zero-order valence-corrected chi connectivity index (χ0v) is 13.7. The Morgan fingerprint density at radius 2 is 2.00 bits per heavy atom. The summed E-state index contributed by atoms with van der Waals surface area (Å²) in [5.74, 6) is 0.170. The number of nitrogens with zero attached hydrogens (tertiary/aromatic N) is 2. The Morgan fingerprint density at radius 1 is 1.32 bits per heavy atom. The first-order chi connectivity index (χ1) is 8.95. The molecule has 0 N–H and O–H groups in total. The van der Waals surface area contributed by atoms with Crippen LogP contribution in [0.2, 0.25) is 4.34 Å². The summed E-state index contributed by atoms with van der Waals surface area (Å²) in [6.07, 6.45) is 1.05. The molecule has 0 aliphatic heterocycles. The molecule has 3 nitrogen and oxygen atoms in total. The third-order valence-electron chi connectivity index (χ3n) is 3.09. The van der Waals surface area contributed by atoms with Crippen molar-refractivity contribution >= 4 is 28.7 Å². The lowest BCUT2D eigenvalue weighted by molar-refractivity contribution is 0.0832. The number of hydrogen-bond acceptors (Lipinski definition) is 4. The van der Waals surface area contributed by atoms with Crippen LogP contribution in [0.1, 0.15) is 29.9 Å². The predicted molar refractivity (Wildman–Crippen MR) is 83.5 cm³/mol. The third-order valence-corrected chi connectivity index (χ3v) is 4.33. The van der Waals surface area contributed by atoms with E-state index in [2.05, 4.69) is 30.8 Å². The van der Waals surface area contributed by atoms with Gasteiger partial charge in [-0.3, -0.25) is 9.69 Å². The monoisotopic (exact) mass is 302 g/mol. The van der Waals surface area contributed by atoms with Gasteiger partial charge in [-0.05, 0) is 46.1 Å². The highest BCUT2D eigenvalue weighted by molar-refractivity contribution is 7.18. The van der Waals surface area contributed by atoms with Crippen molar-refractivity contribution in [1.29, 1.82) is 0 Å². The van der Waals surface area contributed by atoms with E-state index in [1.807, 2.05) is 13.0 Å². The lowest BCUT2D eigenvalue weighted by Gasteiger charge is -2.28. The second kappa shape index (κ2) is 8.00. The minimum Gasteiger partial charge on any atom is -0.308 e. The number of carbonyl (C=O) groups is 1. The van der Waals surface area contributed by atoms with Crippen molar-refractivity contribution in [3.63, 3.8) is 0 Å². The predicted octanol–water partition coefficient (Wildman–Crippen LogP) is 3.25. The molecular formula is C14H23ClN2OS. The molecule has 5 heteroatoms. The first-order valence-corrected chi connectivity index (χ1v) is 7.83. The number of thiophene rings is 1. The number of carbonyl (C=O) groups excluding carboxylic acids is 1. The second-order valence-corrected chi connectivity index (χ2v) is 6.70. The van der Waals surface area contributed by atoms with Crippen LogP contribution in [-0.4, -0.2) is 55.4 Å². The molecule has 1 aromatic heterocycles. The molecule has 0 fully saturated rings. The van der Waals surface area contributed by atoms with Gasteiger partial charge < -0.3 is 4.90 Å². The first kappa shape index (κ1) is 16.6. The Kier molecular flexibility index (Phi) is 7.00. The summed E-state index contributed by atoms with van der Waals surface area (Å²) >= 11 is 7.26. The fraction of sp³-hybridized carbons (Fsp3) is 0.643. The lowest BCUT2D eigenvalue weighted by atomic mass is 10.1. The van der Waals surface area contributed by atoms with E-state index in [4.69, 9.17) is 11.6 Å². The van der Waals surface area contributed by atoms with Gasteiger partial charge in [-0.2, -0.15) is 0 Å². The summed E-state index contributed by atoms with van der Waals surface area (Å²) in [5, 5.41) is 0. The minimum absolute atomic E-state index is 0.0883. The van der Waals surface area contributed by atoms with Crippen LogP contribution in [0.15, 0.2) is 12.1 Å². The van der Waals surface area contributed by atoms with E-state index in [-0.39, 0.29) is 11.8 Å². The van der Waals surface area contributed by atoms with Crippen molar-refractivity contribution in [2.24, 2.45) is 0 Å². The topological polar surface area (TPSA) is 23.6 Å². The van der Waals surface area contributed by atoms with Crippen LogP contribution in [-0.2, 0) is 0 Å². The fourth-order valence-corrected chi connectivity index (χ4v) is 3.00. The number of likely N-dealkylation sites (N-methyl/N-ethyl adjacent to an activating group) is 1. The van der Waals surface area contributed by atoms with Gasteiger partial charge in [0.25, 0.3) is 0 Å². The van der Waals surface area contributed by atoms with Gasteiger partial charge in [0.2, 0.25) is 0 Å². The molecule has 0 aliphatic carbocycles. The number of ketones is 1. The van der Waals surface area contributed by atoms with Crippen LogP contribution in [0.3, 0.4) is 0 Å². The van der Waals surface area contributed by atoms with E-state index in [1.165, 1.54) is 11.3 Å². The summed E-state index contributed by atoms with van der Waals surface area (Å²) in [4.78, 5) is 17.6. The van der Waals surface area contributed by atoms with Crippen molar-refractivity contribution in [1.82, 2.24) is 9.80 Å². The van der Waals surface area contributed by atoms with Gasteiger partial charge in [-0.25, -0.2) is 0 Å². The number of rotatable bonds is 8. The maximum absolute atomic E-state index is 12.4. The summed E-state index contributed by atoms with van der Waals surface area (Å²) in [5.41, 5.74) is 0. The van der Waals surface area contributed by atoms with Gasteiger partial charge in [-0.1, -0.05) is 18.5 Å². The van der Waals surface area contributed by atoms with Crippen LogP contribution in [0.25, 0.3) is 0 Å². The van der Waals surface area contributed by atoms with E-state index >= 15 is 0 Å². The molecule has 0 radical (unpaired) electrons. The van der Waals surface area contributed by atoms with Crippen LogP contribution < -0.4 is 0 Å². The standard InChI is InChI=1S/C14H23ClN2OS/c1-5-8-17(10-9-16(3)4)11(2)14(18)12-6-7-13(15)19-12/h6-7,11H,5,8-10H2,1-4H3. The lowest BCUT2D eigenvalue weighted by Crippen LogP contribution is -2.42. The summed E-state index contributed by atoms with van der Waals surface area (Å²) in [6.45, 7) is 6.94. The molecule has 0 amide bonds. The molecular weight excluding hydrogens is 280 g/mol. The molecule has 0 spiro atoms. The molecule has 1 rings (SSSR count). The fourth-order valence-electron chi connectivity index (χ4n) is 1.93. The normalized spacial score (nSPS) is 13.2. The van der Waals surface area contributed by atoms with Crippen molar-refractivity contribution < 1.29 is 4.79 Å². The third kappa shape index (κ3) is 5.22. The highest BCUT2D eigenvalue weighted by Crippen LogP contribution is 2.23. The molecule has 0 aromatic carbocycles. The summed E-state index contributed by atoms with van der Waals surface area (Å²) < 4.78 is 0.672. The molecule has 0 bridgehead atoms. The zero-order valence-electron chi connectivity index (χ0n) is 12.1. The Labute approximate surface area is 125 Å². The largest absolute Gasteiger partial charge is 0.308 e. The Bertz CT molecular complexity index is 406. The maximum Gasteiger partial charge on any atom is 0.189 e. The van der Waals surface area contributed by atoms with Crippen molar-refractivity contribution in [3.8, 4) is 0 Å². The molecule has 1 aromatic rings.